The van der Waals surface area contributed by atoms with Crippen LogP contribution in [0.2, 0.25) is 0 Å². The van der Waals surface area contributed by atoms with Crippen LogP contribution in [0.3, 0.4) is 0 Å². The number of rotatable bonds is 1. The zero-order chi connectivity index (χ0) is 10.5. The van der Waals surface area contributed by atoms with Crippen LogP contribution in [0.25, 0.3) is 0 Å². The van der Waals surface area contributed by atoms with Gasteiger partial charge >= 0.3 is 0 Å². The summed E-state index contributed by atoms with van der Waals surface area (Å²) >= 11 is 1.98. The van der Waals surface area contributed by atoms with E-state index < -0.39 is 5.60 Å². The number of fused-ring (bicyclic) bond motifs is 2. The van der Waals surface area contributed by atoms with Crippen molar-refractivity contribution in [2.75, 3.05) is 11.5 Å². The van der Waals surface area contributed by atoms with Crippen molar-refractivity contribution in [2.24, 2.45) is 17.6 Å². The minimum absolute atomic E-state index is 0.266. The zero-order valence-corrected chi connectivity index (χ0v) is 10.1. The second-order valence-electron chi connectivity index (χ2n) is 5.77. The minimum Gasteiger partial charge on any atom is -0.388 e. The Morgan fingerprint density at radius 3 is 2.47 bits per heavy atom. The summed E-state index contributed by atoms with van der Waals surface area (Å²) in [4.78, 5) is 0. The van der Waals surface area contributed by atoms with Crippen LogP contribution in [0, 0.1) is 11.8 Å². The average Bonchev–Trinajstić information content (AvgIpc) is 2.79. The molecule has 2 nitrogen and oxygen atoms in total. The van der Waals surface area contributed by atoms with Gasteiger partial charge in [0.2, 0.25) is 0 Å². The quantitative estimate of drug-likeness (QED) is 0.717. The van der Waals surface area contributed by atoms with Gasteiger partial charge in [0, 0.05) is 5.54 Å². The molecule has 0 aromatic heterocycles. The monoisotopic (exact) mass is 227 g/mol. The molecular formula is C12H21NOS. The maximum absolute atomic E-state index is 10.9. The van der Waals surface area contributed by atoms with Crippen LogP contribution in [-0.2, 0) is 0 Å². The molecule has 3 unspecified atom stereocenters. The maximum Gasteiger partial charge on any atom is 0.0857 e. The molecule has 0 aromatic rings. The Morgan fingerprint density at radius 2 is 1.93 bits per heavy atom. The number of hydrogen-bond acceptors (Lipinski definition) is 3. The highest BCUT2D eigenvalue weighted by atomic mass is 32.2. The molecule has 3 aliphatic rings. The van der Waals surface area contributed by atoms with E-state index in [1.54, 1.807) is 0 Å². The van der Waals surface area contributed by atoms with E-state index in [9.17, 15) is 5.11 Å². The van der Waals surface area contributed by atoms with Crippen LogP contribution in [0.1, 0.15) is 38.5 Å². The van der Waals surface area contributed by atoms with E-state index in [0.29, 0.717) is 5.92 Å². The van der Waals surface area contributed by atoms with Crippen molar-refractivity contribution in [3.63, 3.8) is 0 Å². The van der Waals surface area contributed by atoms with Gasteiger partial charge < -0.3 is 10.8 Å². The molecule has 1 heterocycles. The largest absolute Gasteiger partial charge is 0.388 e. The van der Waals surface area contributed by atoms with Gasteiger partial charge in [-0.2, -0.15) is 11.8 Å². The molecule has 1 aliphatic heterocycles. The van der Waals surface area contributed by atoms with Gasteiger partial charge in [0.1, 0.15) is 0 Å². The standard InChI is InChI=1S/C12H21NOS/c13-11(3-5-15-6-4-11)12(14)8-9-1-2-10(12)7-9/h9-10,14H,1-8,13H2. The number of hydrogen-bond donors (Lipinski definition) is 2. The topological polar surface area (TPSA) is 46.2 Å². The number of nitrogens with two attached hydrogens (primary N) is 1. The Bertz CT molecular complexity index is 264. The van der Waals surface area contributed by atoms with E-state index in [-0.39, 0.29) is 5.54 Å². The van der Waals surface area contributed by atoms with E-state index in [1.807, 2.05) is 11.8 Å². The molecule has 0 aromatic carbocycles. The highest BCUT2D eigenvalue weighted by Gasteiger charge is 2.59. The van der Waals surface area contributed by atoms with Gasteiger partial charge in [-0.1, -0.05) is 0 Å². The lowest BCUT2D eigenvalue weighted by Gasteiger charge is -2.49. The first-order valence-corrected chi connectivity index (χ1v) is 7.38. The molecule has 1 saturated heterocycles. The summed E-state index contributed by atoms with van der Waals surface area (Å²) in [7, 11) is 0. The Morgan fingerprint density at radius 1 is 1.20 bits per heavy atom. The van der Waals surface area contributed by atoms with Crippen molar-refractivity contribution in [3.05, 3.63) is 0 Å². The van der Waals surface area contributed by atoms with Gasteiger partial charge in [-0.15, -0.1) is 0 Å². The van der Waals surface area contributed by atoms with Gasteiger partial charge in [-0.3, -0.25) is 0 Å². The molecular weight excluding hydrogens is 206 g/mol. The van der Waals surface area contributed by atoms with Crippen molar-refractivity contribution in [3.8, 4) is 0 Å². The maximum atomic E-state index is 10.9. The van der Waals surface area contributed by atoms with Crippen molar-refractivity contribution < 1.29 is 5.11 Å². The van der Waals surface area contributed by atoms with Crippen LogP contribution < -0.4 is 5.73 Å². The SMILES string of the molecule is NC1(C2(O)CC3CCC2C3)CCSCC1. The fourth-order valence-electron chi connectivity index (χ4n) is 4.08. The molecule has 86 valence electrons. The van der Waals surface area contributed by atoms with Crippen molar-refractivity contribution in [2.45, 2.75) is 49.7 Å². The third-order valence-corrected chi connectivity index (χ3v) is 6.05. The van der Waals surface area contributed by atoms with Gasteiger partial charge in [-0.05, 0) is 61.9 Å². The Kier molecular flexibility index (Phi) is 2.35. The van der Waals surface area contributed by atoms with Crippen LogP contribution in [0.4, 0.5) is 0 Å². The van der Waals surface area contributed by atoms with Crippen LogP contribution in [0.15, 0.2) is 0 Å². The van der Waals surface area contributed by atoms with Crippen LogP contribution in [-0.4, -0.2) is 27.8 Å². The second kappa shape index (κ2) is 3.38. The first-order valence-electron chi connectivity index (χ1n) is 6.23. The Balaban J connectivity index is 1.85. The molecule has 3 atom stereocenters. The molecule has 15 heavy (non-hydrogen) atoms. The Labute approximate surface area is 96.0 Å². The smallest absolute Gasteiger partial charge is 0.0857 e. The summed E-state index contributed by atoms with van der Waals surface area (Å²) in [6.45, 7) is 0. The third-order valence-electron chi connectivity index (χ3n) is 5.06. The third kappa shape index (κ3) is 1.39. The van der Waals surface area contributed by atoms with Crippen LogP contribution in [0.5, 0.6) is 0 Å². The molecule has 3 rings (SSSR count). The molecule has 2 aliphatic carbocycles. The normalized spacial score (nSPS) is 48.4. The highest BCUT2D eigenvalue weighted by molar-refractivity contribution is 7.99. The van der Waals surface area contributed by atoms with Gasteiger partial charge in [0.05, 0.1) is 5.60 Å². The molecule has 3 N–H and O–H groups in total. The molecule has 0 radical (unpaired) electrons. The average molecular weight is 227 g/mol. The predicted molar refractivity (Wildman–Crippen MR) is 63.9 cm³/mol. The lowest BCUT2D eigenvalue weighted by atomic mass is 9.67. The number of thioether (sulfide) groups is 1. The van der Waals surface area contributed by atoms with E-state index >= 15 is 0 Å². The predicted octanol–water partition coefficient (Wildman–Crippen LogP) is 1.76. The summed E-state index contributed by atoms with van der Waals surface area (Å²) < 4.78 is 0. The number of aliphatic hydroxyl groups is 1. The van der Waals surface area contributed by atoms with E-state index in [1.165, 1.54) is 19.3 Å². The summed E-state index contributed by atoms with van der Waals surface area (Å²) in [5.41, 5.74) is 5.74. The first-order chi connectivity index (χ1) is 7.14. The molecule has 0 spiro atoms. The lowest BCUT2D eigenvalue weighted by molar-refractivity contribution is -0.0827. The molecule has 0 amide bonds. The molecule has 2 saturated carbocycles. The zero-order valence-electron chi connectivity index (χ0n) is 9.24. The first kappa shape index (κ1) is 10.4. The Hall–Kier alpha value is 0.270. The van der Waals surface area contributed by atoms with Gasteiger partial charge in [0.15, 0.2) is 0 Å². The van der Waals surface area contributed by atoms with Crippen molar-refractivity contribution in [1.82, 2.24) is 0 Å². The summed E-state index contributed by atoms with van der Waals surface area (Å²) in [5, 5.41) is 10.9. The summed E-state index contributed by atoms with van der Waals surface area (Å²) in [5.74, 6) is 3.55. The van der Waals surface area contributed by atoms with Crippen LogP contribution >= 0.6 is 11.8 Å². The van der Waals surface area contributed by atoms with E-state index in [2.05, 4.69) is 0 Å². The van der Waals surface area contributed by atoms with E-state index in [4.69, 9.17) is 5.73 Å². The summed E-state index contributed by atoms with van der Waals surface area (Å²) in [6, 6.07) is 0. The van der Waals surface area contributed by atoms with E-state index in [0.717, 1.165) is 36.7 Å². The van der Waals surface area contributed by atoms with Crippen molar-refractivity contribution >= 4 is 11.8 Å². The minimum atomic E-state index is -0.517. The fourth-order valence-corrected chi connectivity index (χ4v) is 5.30. The fraction of sp³-hybridized carbons (Fsp3) is 1.00. The van der Waals surface area contributed by atoms with Crippen molar-refractivity contribution in [1.29, 1.82) is 0 Å². The lowest BCUT2D eigenvalue weighted by Crippen LogP contribution is -2.64. The molecule has 3 heteroatoms. The van der Waals surface area contributed by atoms with Gasteiger partial charge in [-0.25, -0.2) is 0 Å². The van der Waals surface area contributed by atoms with Gasteiger partial charge in [0.25, 0.3) is 0 Å². The second-order valence-corrected chi connectivity index (χ2v) is 7.00. The highest BCUT2D eigenvalue weighted by Crippen LogP contribution is 2.56. The molecule has 3 fully saturated rings. The summed E-state index contributed by atoms with van der Waals surface area (Å²) in [6.07, 6.45) is 6.79. The molecule has 2 bridgehead atoms.